The van der Waals surface area contributed by atoms with E-state index in [0.29, 0.717) is 28.3 Å². The van der Waals surface area contributed by atoms with Crippen molar-refractivity contribution in [3.8, 4) is 0 Å². The van der Waals surface area contributed by atoms with Crippen LogP contribution in [0.5, 0.6) is 0 Å². The topological polar surface area (TPSA) is 51.3 Å². The third-order valence-corrected chi connectivity index (χ3v) is 4.96. The minimum atomic E-state index is -0.0371. The number of nitrogens with zero attached hydrogens (tertiary/aromatic N) is 3. The van der Waals surface area contributed by atoms with E-state index < -0.39 is 0 Å². The Balaban J connectivity index is 1.74. The first-order valence-corrected chi connectivity index (χ1v) is 9.22. The van der Waals surface area contributed by atoms with Crippen LogP contribution in [0.15, 0.2) is 45.8 Å². The Bertz CT molecular complexity index is 986. The second-order valence-corrected chi connectivity index (χ2v) is 6.92. The number of hydrogen-bond acceptors (Lipinski definition) is 4. The number of hydrogen-bond donors (Lipinski definition) is 0. The Labute approximate surface area is 156 Å². The number of aromatic nitrogens is 2. The van der Waals surface area contributed by atoms with Crippen LogP contribution in [0, 0.1) is 0 Å². The molecule has 0 N–H and O–H groups in total. The highest BCUT2D eigenvalue weighted by molar-refractivity contribution is 6.31. The van der Waals surface area contributed by atoms with Gasteiger partial charge in [-0.05, 0) is 68.4 Å². The maximum atomic E-state index is 13.0. The van der Waals surface area contributed by atoms with Crippen molar-refractivity contribution in [2.24, 2.45) is 0 Å². The number of fused-ring (bicyclic) bond motifs is 1. The largest absolute Gasteiger partial charge is 0.465 e. The van der Waals surface area contributed by atoms with Crippen molar-refractivity contribution >= 4 is 34.7 Å². The molecule has 0 aliphatic carbocycles. The highest BCUT2D eigenvalue weighted by Crippen LogP contribution is 2.17. The van der Waals surface area contributed by atoms with Gasteiger partial charge in [0, 0.05) is 18.1 Å². The molecule has 0 atom stereocenters. The van der Waals surface area contributed by atoms with Crippen molar-refractivity contribution in [1.29, 1.82) is 0 Å². The number of benzene rings is 1. The first-order chi connectivity index (χ1) is 12.7. The fourth-order valence-electron chi connectivity index (χ4n) is 3.35. The smallest absolute Gasteiger partial charge is 0.261 e. The van der Waals surface area contributed by atoms with Crippen molar-refractivity contribution in [1.82, 2.24) is 14.5 Å². The third kappa shape index (κ3) is 3.59. The number of rotatable bonds is 5. The van der Waals surface area contributed by atoms with Crippen LogP contribution in [0.1, 0.15) is 24.4 Å². The molecule has 0 radical (unpaired) electrons. The molecule has 0 spiro atoms. The van der Waals surface area contributed by atoms with E-state index in [-0.39, 0.29) is 5.56 Å². The summed E-state index contributed by atoms with van der Waals surface area (Å²) in [5.41, 5.74) is 0.573. The molecule has 1 saturated heterocycles. The zero-order valence-corrected chi connectivity index (χ0v) is 15.2. The van der Waals surface area contributed by atoms with Gasteiger partial charge >= 0.3 is 0 Å². The summed E-state index contributed by atoms with van der Waals surface area (Å²) in [6.07, 6.45) is 7.73. The fourth-order valence-corrected chi connectivity index (χ4v) is 3.51. The molecule has 1 fully saturated rings. The lowest BCUT2D eigenvalue weighted by Crippen LogP contribution is -2.31. The van der Waals surface area contributed by atoms with Crippen molar-refractivity contribution in [3.63, 3.8) is 0 Å². The number of furan rings is 1. The summed E-state index contributed by atoms with van der Waals surface area (Å²) >= 11 is 6.08. The van der Waals surface area contributed by atoms with Gasteiger partial charge in [-0.3, -0.25) is 9.36 Å². The molecule has 26 heavy (non-hydrogen) atoms. The van der Waals surface area contributed by atoms with Crippen LogP contribution in [0.2, 0.25) is 5.02 Å². The Kier molecular flexibility index (Phi) is 4.91. The van der Waals surface area contributed by atoms with Gasteiger partial charge in [0.25, 0.3) is 5.56 Å². The Hall–Kier alpha value is -2.37. The Morgan fingerprint density at radius 2 is 2.00 bits per heavy atom. The van der Waals surface area contributed by atoms with Gasteiger partial charge in [-0.25, -0.2) is 4.98 Å². The van der Waals surface area contributed by atoms with Gasteiger partial charge in [-0.15, -0.1) is 0 Å². The minimum absolute atomic E-state index is 0.0371. The molecule has 0 saturated carbocycles. The van der Waals surface area contributed by atoms with Gasteiger partial charge in [0.15, 0.2) is 0 Å². The Morgan fingerprint density at radius 1 is 1.15 bits per heavy atom. The van der Waals surface area contributed by atoms with Gasteiger partial charge in [-0.1, -0.05) is 11.6 Å². The molecular formula is C20H20ClN3O2. The summed E-state index contributed by atoms with van der Waals surface area (Å²) in [5, 5.41) is 1.16. The maximum Gasteiger partial charge on any atom is 0.261 e. The summed E-state index contributed by atoms with van der Waals surface area (Å²) in [6, 6.07) is 8.90. The first kappa shape index (κ1) is 17.1. The van der Waals surface area contributed by atoms with Gasteiger partial charge < -0.3 is 9.32 Å². The zero-order chi connectivity index (χ0) is 17.9. The van der Waals surface area contributed by atoms with Crippen molar-refractivity contribution in [3.05, 3.63) is 63.6 Å². The molecule has 5 nitrogen and oxygen atoms in total. The van der Waals surface area contributed by atoms with E-state index in [2.05, 4.69) is 9.88 Å². The minimum Gasteiger partial charge on any atom is -0.465 e. The van der Waals surface area contributed by atoms with Crippen LogP contribution in [-0.4, -0.2) is 34.1 Å². The monoisotopic (exact) mass is 369 g/mol. The summed E-state index contributed by atoms with van der Waals surface area (Å²) in [7, 11) is 0. The molecule has 1 aromatic carbocycles. The summed E-state index contributed by atoms with van der Waals surface area (Å²) in [6.45, 7) is 3.66. The van der Waals surface area contributed by atoms with E-state index in [1.165, 1.54) is 12.8 Å². The zero-order valence-electron chi connectivity index (χ0n) is 14.4. The molecule has 0 bridgehead atoms. The van der Waals surface area contributed by atoms with Crippen LogP contribution in [0.4, 0.5) is 0 Å². The summed E-state index contributed by atoms with van der Waals surface area (Å²) in [4.78, 5) is 20.1. The van der Waals surface area contributed by atoms with Gasteiger partial charge in [0.05, 0.1) is 17.2 Å². The van der Waals surface area contributed by atoms with Crippen LogP contribution < -0.4 is 5.56 Å². The molecular weight excluding hydrogens is 350 g/mol. The Morgan fingerprint density at radius 3 is 2.77 bits per heavy atom. The van der Waals surface area contributed by atoms with Crippen LogP contribution in [0.3, 0.4) is 0 Å². The average molecular weight is 370 g/mol. The fraction of sp³-hybridized carbons (Fsp3) is 0.300. The third-order valence-electron chi connectivity index (χ3n) is 4.73. The number of likely N-dealkylation sites (tertiary alicyclic amines) is 1. The molecule has 0 unspecified atom stereocenters. The average Bonchev–Trinajstić information content (AvgIpc) is 3.33. The molecule has 1 aliphatic rings. The summed E-state index contributed by atoms with van der Waals surface area (Å²) < 4.78 is 7.09. The molecule has 1 aliphatic heterocycles. The van der Waals surface area contributed by atoms with Crippen LogP contribution >= 0.6 is 11.6 Å². The van der Waals surface area contributed by atoms with Gasteiger partial charge in [0.1, 0.15) is 11.6 Å². The van der Waals surface area contributed by atoms with Crippen LogP contribution in [0.25, 0.3) is 23.1 Å². The van der Waals surface area contributed by atoms with Gasteiger partial charge in [0.2, 0.25) is 0 Å². The predicted molar refractivity (Wildman–Crippen MR) is 104 cm³/mol. The highest BCUT2D eigenvalue weighted by atomic mass is 35.5. The quantitative estimate of drug-likeness (QED) is 0.684. The second-order valence-electron chi connectivity index (χ2n) is 6.49. The molecule has 134 valence electrons. The first-order valence-electron chi connectivity index (χ1n) is 8.85. The normalized spacial score (nSPS) is 15.4. The molecule has 0 amide bonds. The lowest BCUT2D eigenvalue weighted by Gasteiger charge is -2.17. The SMILES string of the molecule is O=c1c2ccc(Cl)cc2nc(/C=C/c2ccco2)n1CCN1CCCC1. The molecule has 3 heterocycles. The van der Waals surface area contributed by atoms with E-state index in [0.717, 1.165) is 25.4 Å². The lowest BCUT2D eigenvalue weighted by atomic mass is 10.2. The highest BCUT2D eigenvalue weighted by Gasteiger charge is 2.14. The van der Waals surface area contributed by atoms with Crippen molar-refractivity contribution in [2.45, 2.75) is 19.4 Å². The summed E-state index contributed by atoms with van der Waals surface area (Å²) in [5.74, 6) is 1.33. The standard InChI is InChI=1S/C20H20ClN3O2/c21-15-5-7-17-18(14-15)22-19(8-6-16-4-3-13-26-16)24(20(17)25)12-11-23-9-1-2-10-23/h3-8,13-14H,1-2,9-12H2/b8-6+. The molecule has 6 heteroatoms. The molecule has 3 aromatic rings. The lowest BCUT2D eigenvalue weighted by molar-refractivity contribution is 0.320. The second kappa shape index (κ2) is 7.48. The maximum absolute atomic E-state index is 13.0. The molecule has 2 aromatic heterocycles. The van der Waals surface area contributed by atoms with E-state index in [1.807, 2.05) is 24.3 Å². The number of halogens is 1. The van der Waals surface area contributed by atoms with E-state index in [1.54, 1.807) is 29.0 Å². The predicted octanol–water partition coefficient (Wildman–Crippen LogP) is 3.91. The van der Waals surface area contributed by atoms with Crippen molar-refractivity contribution < 1.29 is 4.42 Å². The van der Waals surface area contributed by atoms with Crippen LogP contribution in [-0.2, 0) is 6.54 Å². The van der Waals surface area contributed by atoms with E-state index in [4.69, 9.17) is 16.0 Å². The molecule has 4 rings (SSSR count). The van der Waals surface area contributed by atoms with E-state index in [9.17, 15) is 4.79 Å². The van der Waals surface area contributed by atoms with Crippen molar-refractivity contribution in [2.75, 3.05) is 19.6 Å². The van der Waals surface area contributed by atoms with E-state index >= 15 is 0 Å². The van der Waals surface area contributed by atoms with Gasteiger partial charge in [-0.2, -0.15) is 0 Å².